The molecule has 0 unspecified atom stereocenters. The number of thiazole rings is 1. The molecule has 5 heteroatoms. The maximum absolute atomic E-state index is 7.30. The minimum Gasteiger partial charge on any atom is -0.391 e. The van der Waals surface area contributed by atoms with E-state index in [2.05, 4.69) is 26.2 Å². The van der Waals surface area contributed by atoms with Crippen molar-refractivity contribution in [3.05, 3.63) is 26.3 Å². The molecule has 1 aromatic heterocycles. The molecule has 15 heavy (non-hydrogen) atoms. The van der Waals surface area contributed by atoms with E-state index in [0.29, 0.717) is 0 Å². The zero-order valence-electron chi connectivity index (χ0n) is 8.80. The minimum absolute atomic E-state index is 0.753. The lowest BCUT2D eigenvalue weighted by molar-refractivity contribution is 0.908. The van der Waals surface area contributed by atoms with Gasteiger partial charge >= 0.3 is 0 Å². The number of halogens is 1. The lowest BCUT2D eigenvalue weighted by atomic mass is 10.2. The first kappa shape index (κ1) is 12.4. The molecular formula is C10H14BrN3S. The summed E-state index contributed by atoms with van der Waals surface area (Å²) >= 11 is 5.08. The number of hydrogen-bond acceptors (Lipinski definition) is 4. The van der Waals surface area contributed by atoms with Gasteiger partial charge in [-0.1, -0.05) is 0 Å². The summed E-state index contributed by atoms with van der Waals surface area (Å²) in [7, 11) is 0. The Kier molecular flexibility index (Phi) is 4.98. The van der Waals surface area contributed by atoms with Crippen LogP contribution in [0.2, 0.25) is 0 Å². The molecule has 0 aliphatic rings. The van der Waals surface area contributed by atoms with Gasteiger partial charge in [0.2, 0.25) is 0 Å². The SMILES string of the molecule is CCN/C=C(\C=N)Cc1sc(C)nc1Br. The molecule has 0 spiro atoms. The molecule has 0 fully saturated rings. The van der Waals surface area contributed by atoms with Crippen molar-refractivity contribution in [1.29, 1.82) is 5.41 Å². The maximum Gasteiger partial charge on any atom is 0.120 e. The second kappa shape index (κ2) is 6.02. The van der Waals surface area contributed by atoms with E-state index < -0.39 is 0 Å². The molecule has 2 N–H and O–H groups in total. The monoisotopic (exact) mass is 287 g/mol. The molecule has 0 aliphatic heterocycles. The largest absolute Gasteiger partial charge is 0.391 e. The van der Waals surface area contributed by atoms with E-state index >= 15 is 0 Å². The molecule has 1 heterocycles. The summed E-state index contributed by atoms with van der Waals surface area (Å²) < 4.78 is 0.897. The van der Waals surface area contributed by atoms with Gasteiger partial charge in [-0.15, -0.1) is 11.3 Å². The highest BCUT2D eigenvalue weighted by atomic mass is 79.9. The van der Waals surface area contributed by atoms with Crippen molar-refractivity contribution < 1.29 is 0 Å². The molecule has 3 nitrogen and oxygen atoms in total. The van der Waals surface area contributed by atoms with Crippen molar-refractivity contribution in [2.24, 2.45) is 0 Å². The van der Waals surface area contributed by atoms with Gasteiger partial charge in [-0.3, -0.25) is 0 Å². The van der Waals surface area contributed by atoms with Gasteiger partial charge in [0.25, 0.3) is 0 Å². The zero-order chi connectivity index (χ0) is 11.3. The number of rotatable bonds is 5. The topological polar surface area (TPSA) is 48.8 Å². The third-order valence-corrected chi connectivity index (χ3v) is 3.69. The smallest absolute Gasteiger partial charge is 0.120 e. The average molecular weight is 288 g/mol. The first-order valence-corrected chi connectivity index (χ1v) is 6.33. The van der Waals surface area contributed by atoms with Gasteiger partial charge in [0.05, 0.1) is 5.01 Å². The Bertz CT molecular complexity index is 371. The van der Waals surface area contributed by atoms with Crippen LogP contribution in [0.1, 0.15) is 16.8 Å². The van der Waals surface area contributed by atoms with Crippen LogP contribution < -0.4 is 5.32 Å². The lowest BCUT2D eigenvalue weighted by Gasteiger charge is -2.00. The molecule has 0 radical (unpaired) electrons. The Balaban J connectivity index is 2.74. The normalized spacial score (nSPS) is 11.5. The fraction of sp³-hybridized carbons (Fsp3) is 0.400. The van der Waals surface area contributed by atoms with E-state index in [9.17, 15) is 0 Å². The molecular weight excluding hydrogens is 274 g/mol. The Morgan fingerprint density at radius 2 is 2.40 bits per heavy atom. The summed E-state index contributed by atoms with van der Waals surface area (Å²) in [5.74, 6) is 0. The van der Waals surface area contributed by atoms with Crippen molar-refractivity contribution in [2.75, 3.05) is 6.54 Å². The van der Waals surface area contributed by atoms with E-state index in [4.69, 9.17) is 5.41 Å². The number of allylic oxidation sites excluding steroid dienone is 1. The van der Waals surface area contributed by atoms with Gasteiger partial charge in [0.1, 0.15) is 4.60 Å². The summed E-state index contributed by atoms with van der Waals surface area (Å²) in [6.45, 7) is 4.89. The van der Waals surface area contributed by atoms with Crippen molar-refractivity contribution in [1.82, 2.24) is 10.3 Å². The van der Waals surface area contributed by atoms with E-state index in [0.717, 1.165) is 28.1 Å². The Morgan fingerprint density at radius 3 is 2.87 bits per heavy atom. The summed E-state index contributed by atoms with van der Waals surface area (Å²) in [5.41, 5.74) is 0.959. The highest BCUT2D eigenvalue weighted by Crippen LogP contribution is 2.25. The fourth-order valence-electron chi connectivity index (χ4n) is 1.12. The minimum atomic E-state index is 0.753. The van der Waals surface area contributed by atoms with Crippen LogP contribution in [0.3, 0.4) is 0 Å². The van der Waals surface area contributed by atoms with Crippen LogP contribution in [-0.4, -0.2) is 17.7 Å². The van der Waals surface area contributed by atoms with Crippen molar-refractivity contribution >= 4 is 33.5 Å². The molecule has 82 valence electrons. The highest BCUT2D eigenvalue weighted by Gasteiger charge is 2.07. The second-order valence-electron chi connectivity index (χ2n) is 3.04. The zero-order valence-corrected chi connectivity index (χ0v) is 11.2. The van der Waals surface area contributed by atoms with Crippen LogP contribution in [0.25, 0.3) is 0 Å². The molecule has 0 atom stereocenters. The third kappa shape index (κ3) is 3.76. The van der Waals surface area contributed by atoms with Gasteiger partial charge in [-0.2, -0.15) is 0 Å². The Morgan fingerprint density at radius 1 is 1.67 bits per heavy atom. The molecule has 0 aliphatic carbocycles. The molecule has 0 aromatic carbocycles. The van der Waals surface area contributed by atoms with Crippen LogP contribution >= 0.6 is 27.3 Å². The molecule has 1 aromatic rings. The first-order chi connectivity index (χ1) is 7.17. The van der Waals surface area contributed by atoms with E-state index in [-0.39, 0.29) is 0 Å². The number of aryl methyl sites for hydroxylation is 1. The maximum atomic E-state index is 7.30. The highest BCUT2D eigenvalue weighted by molar-refractivity contribution is 9.10. The Hall–Kier alpha value is -0.680. The van der Waals surface area contributed by atoms with Gasteiger partial charge in [0.15, 0.2) is 0 Å². The van der Waals surface area contributed by atoms with Gasteiger partial charge in [-0.05, 0) is 35.4 Å². The molecule has 0 saturated carbocycles. The van der Waals surface area contributed by atoms with Crippen LogP contribution in [-0.2, 0) is 6.42 Å². The fourth-order valence-corrected chi connectivity index (χ4v) is 2.74. The quantitative estimate of drug-likeness (QED) is 0.818. The standard InChI is InChI=1S/C10H14BrN3S/c1-3-13-6-8(5-12)4-9-10(11)14-7(2)15-9/h5-6,12-13H,3-4H2,1-2H3/b8-6-,12-5?. The van der Waals surface area contributed by atoms with E-state index in [1.165, 1.54) is 11.1 Å². The predicted octanol–water partition coefficient (Wildman–Crippen LogP) is 2.90. The van der Waals surface area contributed by atoms with E-state index in [1.807, 2.05) is 20.0 Å². The third-order valence-electron chi connectivity index (χ3n) is 1.80. The van der Waals surface area contributed by atoms with Crippen molar-refractivity contribution in [3.63, 3.8) is 0 Å². The van der Waals surface area contributed by atoms with Crippen LogP contribution in [0.15, 0.2) is 16.4 Å². The summed E-state index contributed by atoms with van der Waals surface area (Å²) in [4.78, 5) is 5.46. The number of nitrogens with one attached hydrogen (secondary N) is 2. The lowest BCUT2D eigenvalue weighted by Crippen LogP contribution is -2.05. The average Bonchev–Trinajstić information content (AvgIpc) is 2.52. The predicted molar refractivity (Wildman–Crippen MR) is 68.8 cm³/mol. The first-order valence-electron chi connectivity index (χ1n) is 4.72. The molecule has 1 rings (SSSR count). The van der Waals surface area contributed by atoms with Crippen molar-refractivity contribution in [2.45, 2.75) is 20.3 Å². The van der Waals surface area contributed by atoms with Crippen LogP contribution in [0.4, 0.5) is 0 Å². The summed E-state index contributed by atoms with van der Waals surface area (Å²) in [6, 6.07) is 0. The molecule has 0 saturated heterocycles. The number of nitrogens with zero attached hydrogens (tertiary/aromatic N) is 1. The molecule has 0 amide bonds. The Labute approximate surface area is 102 Å². The summed E-state index contributed by atoms with van der Waals surface area (Å²) in [5, 5.41) is 11.4. The second-order valence-corrected chi connectivity index (χ2v) is 5.08. The van der Waals surface area contributed by atoms with Gasteiger partial charge in [-0.25, -0.2) is 4.98 Å². The number of hydrogen-bond donors (Lipinski definition) is 2. The van der Waals surface area contributed by atoms with Gasteiger partial charge in [0, 0.05) is 30.3 Å². The summed E-state index contributed by atoms with van der Waals surface area (Å²) in [6.07, 6.45) is 4.02. The van der Waals surface area contributed by atoms with Crippen LogP contribution in [0, 0.1) is 12.3 Å². The number of aromatic nitrogens is 1. The van der Waals surface area contributed by atoms with Crippen LogP contribution in [0.5, 0.6) is 0 Å². The van der Waals surface area contributed by atoms with Gasteiger partial charge < -0.3 is 10.7 Å². The van der Waals surface area contributed by atoms with E-state index in [1.54, 1.807) is 11.3 Å². The molecule has 0 bridgehead atoms. The van der Waals surface area contributed by atoms with Crippen molar-refractivity contribution in [3.8, 4) is 0 Å².